The third-order valence-electron chi connectivity index (χ3n) is 4.34. The van der Waals surface area contributed by atoms with Crippen molar-refractivity contribution in [2.24, 2.45) is 5.92 Å². The van der Waals surface area contributed by atoms with Gasteiger partial charge in [0.2, 0.25) is 0 Å². The van der Waals surface area contributed by atoms with Crippen molar-refractivity contribution >= 4 is 0 Å². The van der Waals surface area contributed by atoms with E-state index in [1.807, 2.05) is 18.2 Å². The van der Waals surface area contributed by atoms with Gasteiger partial charge in [-0.05, 0) is 24.8 Å². The molecule has 1 fully saturated rings. The Bertz CT molecular complexity index is 492. The zero-order chi connectivity index (χ0) is 14.6. The highest BCUT2D eigenvalue weighted by Gasteiger charge is 2.41. The highest BCUT2D eigenvalue weighted by atomic mass is 16.5. The average molecular weight is 273 g/mol. The van der Waals surface area contributed by atoms with Crippen LogP contribution in [0.4, 0.5) is 0 Å². The van der Waals surface area contributed by atoms with Gasteiger partial charge in [0.25, 0.3) is 0 Å². The van der Waals surface area contributed by atoms with Gasteiger partial charge in [0.1, 0.15) is 5.75 Å². The van der Waals surface area contributed by atoms with Crippen LogP contribution in [0.25, 0.3) is 0 Å². The van der Waals surface area contributed by atoms with Crippen LogP contribution in [0.2, 0.25) is 0 Å². The largest absolute Gasteiger partial charge is 0.496 e. The molecule has 0 saturated carbocycles. The molecule has 0 spiro atoms. The zero-order valence-corrected chi connectivity index (χ0v) is 12.6. The van der Waals surface area contributed by atoms with Gasteiger partial charge >= 0.3 is 0 Å². The fourth-order valence-corrected chi connectivity index (χ4v) is 3.11. The van der Waals surface area contributed by atoms with Crippen LogP contribution in [-0.4, -0.2) is 19.8 Å². The Morgan fingerprint density at radius 1 is 1.45 bits per heavy atom. The van der Waals surface area contributed by atoms with Crippen LogP contribution in [0.1, 0.15) is 38.7 Å². The van der Waals surface area contributed by atoms with Crippen molar-refractivity contribution in [2.75, 3.05) is 13.7 Å². The van der Waals surface area contributed by atoms with Gasteiger partial charge in [0.05, 0.1) is 19.3 Å². The summed E-state index contributed by atoms with van der Waals surface area (Å²) in [6.07, 6.45) is 2.49. The van der Waals surface area contributed by atoms with Crippen LogP contribution in [0.3, 0.4) is 0 Å². The van der Waals surface area contributed by atoms with Crippen LogP contribution in [0.15, 0.2) is 24.3 Å². The fraction of sp³-hybridized carbons (Fsp3) is 0.588. The Morgan fingerprint density at radius 2 is 2.20 bits per heavy atom. The molecule has 0 radical (unpaired) electrons. The lowest BCUT2D eigenvalue weighted by atomic mass is 9.68. The van der Waals surface area contributed by atoms with Crippen molar-refractivity contribution in [2.45, 2.75) is 44.6 Å². The molecule has 2 rings (SSSR count). The molecule has 1 aliphatic heterocycles. The lowest BCUT2D eigenvalue weighted by molar-refractivity contribution is -0.0445. The number of ether oxygens (including phenoxy) is 2. The second kappa shape index (κ2) is 6.28. The minimum Gasteiger partial charge on any atom is -0.496 e. The van der Waals surface area contributed by atoms with Gasteiger partial charge in [0, 0.05) is 24.0 Å². The summed E-state index contributed by atoms with van der Waals surface area (Å²) in [7, 11) is 1.69. The van der Waals surface area contributed by atoms with E-state index < -0.39 is 0 Å². The van der Waals surface area contributed by atoms with E-state index >= 15 is 0 Å². The molecule has 0 bridgehead atoms. The lowest BCUT2D eigenvalue weighted by Crippen LogP contribution is -2.41. The van der Waals surface area contributed by atoms with Crippen molar-refractivity contribution in [3.8, 4) is 11.8 Å². The predicted octanol–water partition coefficient (Wildman–Crippen LogP) is 3.68. The average Bonchev–Trinajstić information content (AvgIpc) is 2.47. The molecular weight excluding hydrogens is 250 g/mol. The third-order valence-corrected chi connectivity index (χ3v) is 4.34. The molecule has 1 aromatic rings. The third kappa shape index (κ3) is 2.81. The first-order valence-corrected chi connectivity index (χ1v) is 7.25. The van der Waals surface area contributed by atoms with Crippen molar-refractivity contribution < 1.29 is 9.47 Å². The molecular formula is C17H23NO2. The molecule has 1 heterocycles. The van der Waals surface area contributed by atoms with E-state index in [1.54, 1.807) is 7.11 Å². The van der Waals surface area contributed by atoms with E-state index in [9.17, 15) is 5.26 Å². The number of hydrogen-bond acceptors (Lipinski definition) is 3. The molecule has 0 amide bonds. The van der Waals surface area contributed by atoms with E-state index in [0.29, 0.717) is 18.9 Å². The highest BCUT2D eigenvalue weighted by Crippen LogP contribution is 2.44. The Hall–Kier alpha value is -1.53. The molecule has 108 valence electrons. The lowest BCUT2D eigenvalue weighted by Gasteiger charge is -2.42. The number of rotatable bonds is 4. The number of nitrogens with zero attached hydrogens (tertiary/aromatic N) is 1. The van der Waals surface area contributed by atoms with Crippen LogP contribution in [-0.2, 0) is 10.2 Å². The number of methoxy groups -OCH3 is 1. The van der Waals surface area contributed by atoms with Gasteiger partial charge < -0.3 is 9.47 Å². The minimum atomic E-state index is -0.144. The van der Waals surface area contributed by atoms with E-state index in [4.69, 9.17) is 9.47 Å². The van der Waals surface area contributed by atoms with Crippen molar-refractivity contribution in [3.05, 3.63) is 29.8 Å². The van der Waals surface area contributed by atoms with E-state index in [0.717, 1.165) is 24.2 Å². The molecule has 1 aliphatic rings. The van der Waals surface area contributed by atoms with Crippen LogP contribution >= 0.6 is 0 Å². The summed E-state index contributed by atoms with van der Waals surface area (Å²) < 4.78 is 11.4. The first-order chi connectivity index (χ1) is 9.63. The summed E-state index contributed by atoms with van der Waals surface area (Å²) in [4.78, 5) is 0. The highest BCUT2D eigenvalue weighted by molar-refractivity contribution is 5.41. The maximum absolute atomic E-state index is 9.30. The summed E-state index contributed by atoms with van der Waals surface area (Å²) in [5.41, 5.74) is 1.01. The SMILES string of the molecule is COc1ccccc1[C@]1(CC#N)CCO[C@H](C(C)C)C1. The van der Waals surface area contributed by atoms with Gasteiger partial charge in [0.15, 0.2) is 0 Å². The molecule has 0 aromatic heterocycles. The van der Waals surface area contributed by atoms with Crippen LogP contribution < -0.4 is 4.74 Å². The monoisotopic (exact) mass is 273 g/mol. The standard InChI is InChI=1S/C17H23NO2/c1-13(2)16-12-17(8-10-18,9-11-20-16)14-6-4-5-7-15(14)19-3/h4-7,13,16H,8-9,11-12H2,1-3H3/t16-,17+/m0/s1. The fourth-order valence-electron chi connectivity index (χ4n) is 3.11. The number of benzene rings is 1. The Morgan fingerprint density at radius 3 is 2.85 bits per heavy atom. The smallest absolute Gasteiger partial charge is 0.122 e. The molecule has 0 N–H and O–H groups in total. The topological polar surface area (TPSA) is 42.2 Å². The quantitative estimate of drug-likeness (QED) is 0.840. The van der Waals surface area contributed by atoms with E-state index in [1.165, 1.54) is 0 Å². The summed E-state index contributed by atoms with van der Waals surface area (Å²) >= 11 is 0. The first kappa shape index (κ1) is 14.9. The number of para-hydroxylation sites is 1. The molecule has 20 heavy (non-hydrogen) atoms. The summed E-state index contributed by atoms with van der Waals surface area (Å²) in [6.45, 7) is 5.06. The normalized spacial score (nSPS) is 26.2. The van der Waals surface area contributed by atoms with Crippen molar-refractivity contribution in [1.29, 1.82) is 5.26 Å². The summed E-state index contributed by atoms with van der Waals surface area (Å²) in [5.74, 6) is 1.34. The maximum Gasteiger partial charge on any atom is 0.122 e. The second-order valence-corrected chi connectivity index (χ2v) is 5.92. The summed E-state index contributed by atoms with van der Waals surface area (Å²) in [5, 5.41) is 9.30. The first-order valence-electron chi connectivity index (χ1n) is 7.25. The van der Waals surface area contributed by atoms with Gasteiger partial charge in [-0.1, -0.05) is 32.0 Å². The molecule has 0 aliphatic carbocycles. The second-order valence-electron chi connectivity index (χ2n) is 5.92. The number of hydrogen-bond donors (Lipinski definition) is 0. The van der Waals surface area contributed by atoms with Gasteiger partial charge in [-0.3, -0.25) is 0 Å². The van der Waals surface area contributed by atoms with Crippen LogP contribution in [0, 0.1) is 17.2 Å². The minimum absolute atomic E-state index is 0.144. The van der Waals surface area contributed by atoms with E-state index in [-0.39, 0.29) is 11.5 Å². The van der Waals surface area contributed by atoms with Gasteiger partial charge in [-0.25, -0.2) is 0 Å². The van der Waals surface area contributed by atoms with E-state index in [2.05, 4.69) is 26.0 Å². The van der Waals surface area contributed by atoms with Gasteiger partial charge in [-0.2, -0.15) is 5.26 Å². The molecule has 3 heteroatoms. The predicted molar refractivity (Wildman–Crippen MR) is 78.7 cm³/mol. The molecule has 3 nitrogen and oxygen atoms in total. The molecule has 1 saturated heterocycles. The van der Waals surface area contributed by atoms with Crippen LogP contribution in [0.5, 0.6) is 5.75 Å². The Kier molecular flexibility index (Phi) is 4.67. The zero-order valence-electron chi connectivity index (χ0n) is 12.6. The molecule has 0 unspecified atom stereocenters. The molecule has 2 atom stereocenters. The maximum atomic E-state index is 9.30. The summed E-state index contributed by atoms with van der Waals surface area (Å²) in [6, 6.07) is 10.5. The Balaban J connectivity index is 2.41. The van der Waals surface area contributed by atoms with Gasteiger partial charge in [-0.15, -0.1) is 0 Å². The Labute approximate surface area is 121 Å². The van der Waals surface area contributed by atoms with Crippen molar-refractivity contribution in [1.82, 2.24) is 0 Å². The van der Waals surface area contributed by atoms with Crippen molar-refractivity contribution in [3.63, 3.8) is 0 Å². The number of nitriles is 1. The molecule has 1 aromatic carbocycles.